The lowest BCUT2D eigenvalue weighted by molar-refractivity contribution is 0.0951. The van der Waals surface area contributed by atoms with E-state index < -0.39 is 0 Å². The molecule has 1 aromatic heterocycles. The lowest BCUT2D eigenvalue weighted by Gasteiger charge is -2.05. The average Bonchev–Trinajstić information content (AvgIpc) is 2.87. The highest BCUT2D eigenvalue weighted by molar-refractivity contribution is 5.94. The van der Waals surface area contributed by atoms with Gasteiger partial charge in [0.2, 0.25) is 0 Å². The van der Waals surface area contributed by atoms with Gasteiger partial charge in [-0.25, -0.2) is 0 Å². The molecule has 0 radical (unpaired) electrons. The van der Waals surface area contributed by atoms with Crippen molar-refractivity contribution in [2.75, 3.05) is 6.61 Å². The van der Waals surface area contributed by atoms with Gasteiger partial charge in [0.1, 0.15) is 6.61 Å². The van der Waals surface area contributed by atoms with Crippen molar-refractivity contribution in [1.82, 2.24) is 15.1 Å². The first-order valence-corrected chi connectivity index (χ1v) is 6.55. The van der Waals surface area contributed by atoms with Crippen LogP contribution in [-0.2, 0) is 13.6 Å². The quantitative estimate of drug-likeness (QED) is 0.826. The molecule has 0 saturated carbocycles. The minimum atomic E-state index is -0.198. The predicted molar refractivity (Wildman–Crippen MR) is 79.5 cm³/mol. The van der Waals surface area contributed by atoms with E-state index in [9.17, 15) is 4.79 Å². The summed E-state index contributed by atoms with van der Waals surface area (Å²) in [5, 5.41) is 15.6. The summed E-state index contributed by atoms with van der Waals surface area (Å²) in [6.07, 6.45) is 3.57. The number of aliphatic hydroxyl groups is 1. The molecule has 0 atom stereocenters. The largest absolute Gasteiger partial charge is 0.384 e. The van der Waals surface area contributed by atoms with Gasteiger partial charge in [-0.1, -0.05) is 11.8 Å². The maximum atomic E-state index is 12.2. The number of aromatic nitrogens is 2. The lowest BCUT2D eigenvalue weighted by atomic mass is 10.1. The molecular formula is C16H17N3O2. The van der Waals surface area contributed by atoms with E-state index in [-0.39, 0.29) is 12.5 Å². The Morgan fingerprint density at radius 1 is 1.43 bits per heavy atom. The van der Waals surface area contributed by atoms with Crippen LogP contribution in [0.25, 0.3) is 0 Å². The molecule has 5 heteroatoms. The Balaban J connectivity index is 2.09. The minimum Gasteiger partial charge on any atom is -0.384 e. The summed E-state index contributed by atoms with van der Waals surface area (Å²) >= 11 is 0. The maximum absolute atomic E-state index is 12.2. The zero-order valence-electron chi connectivity index (χ0n) is 12.1. The van der Waals surface area contributed by atoms with E-state index in [1.165, 1.54) is 0 Å². The summed E-state index contributed by atoms with van der Waals surface area (Å²) in [4.78, 5) is 12.2. The van der Waals surface area contributed by atoms with Gasteiger partial charge in [0.25, 0.3) is 5.91 Å². The van der Waals surface area contributed by atoms with E-state index in [4.69, 9.17) is 5.11 Å². The summed E-state index contributed by atoms with van der Waals surface area (Å²) in [6, 6.07) is 5.40. The summed E-state index contributed by atoms with van der Waals surface area (Å²) in [6.45, 7) is 2.14. The Morgan fingerprint density at radius 3 is 2.90 bits per heavy atom. The standard InChI is InChI=1S/C16H17N3O2/c1-12-6-13(4-3-5-20)8-15(7-12)16(21)17-9-14-10-18-19(2)11-14/h6-8,10-11,20H,5,9H2,1-2H3,(H,17,21). The molecular weight excluding hydrogens is 266 g/mol. The molecule has 0 aliphatic heterocycles. The second-order valence-corrected chi connectivity index (χ2v) is 4.75. The number of carbonyl (C=O) groups excluding carboxylic acids is 1. The number of rotatable bonds is 3. The zero-order valence-corrected chi connectivity index (χ0v) is 12.1. The van der Waals surface area contributed by atoms with Crippen LogP contribution in [0.2, 0.25) is 0 Å². The Labute approximate surface area is 123 Å². The number of benzene rings is 1. The van der Waals surface area contributed by atoms with Crippen LogP contribution in [0.5, 0.6) is 0 Å². The molecule has 2 N–H and O–H groups in total. The van der Waals surface area contributed by atoms with Crippen LogP contribution in [0.15, 0.2) is 30.6 Å². The Bertz CT molecular complexity index is 708. The van der Waals surface area contributed by atoms with Crippen molar-refractivity contribution >= 4 is 5.91 Å². The SMILES string of the molecule is Cc1cc(C#CCO)cc(C(=O)NCc2cnn(C)c2)c1. The Kier molecular flexibility index (Phi) is 4.75. The number of hydrogen-bond acceptors (Lipinski definition) is 3. The number of aliphatic hydroxyl groups excluding tert-OH is 1. The van der Waals surface area contributed by atoms with Crippen LogP contribution in [0.4, 0.5) is 0 Å². The van der Waals surface area contributed by atoms with Crippen LogP contribution in [-0.4, -0.2) is 27.4 Å². The zero-order chi connectivity index (χ0) is 15.2. The molecule has 2 aromatic rings. The summed E-state index contributed by atoms with van der Waals surface area (Å²) < 4.78 is 1.69. The molecule has 1 heterocycles. The molecule has 1 amide bonds. The topological polar surface area (TPSA) is 67.2 Å². The van der Waals surface area contributed by atoms with Crippen molar-refractivity contribution in [3.8, 4) is 11.8 Å². The van der Waals surface area contributed by atoms with Gasteiger partial charge < -0.3 is 10.4 Å². The van der Waals surface area contributed by atoms with Gasteiger partial charge in [-0.2, -0.15) is 5.10 Å². The molecule has 2 rings (SSSR count). The number of aryl methyl sites for hydroxylation is 2. The molecule has 0 bridgehead atoms. The third-order valence-corrected chi connectivity index (χ3v) is 2.86. The smallest absolute Gasteiger partial charge is 0.251 e. The fourth-order valence-electron chi connectivity index (χ4n) is 1.98. The van der Waals surface area contributed by atoms with Crippen molar-refractivity contribution in [2.45, 2.75) is 13.5 Å². The van der Waals surface area contributed by atoms with Gasteiger partial charge in [-0.05, 0) is 30.7 Å². The molecule has 5 nitrogen and oxygen atoms in total. The highest BCUT2D eigenvalue weighted by atomic mass is 16.2. The number of nitrogens with zero attached hydrogens (tertiary/aromatic N) is 2. The van der Waals surface area contributed by atoms with E-state index >= 15 is 0 Å². The Morgan fingerprint density at radius 2 is 2.24 bits per heavy atom. The third kappa shape index (κ3) is 4.20. The van der Waals surface area contributed by atoms with E-state index in [0.717, 1.165) is 16.7 Å². The van der Waals surface area contributed by atoms with Gasteiger partial charge in [-0.15, -0.1) is 0 Å². The Hall–Kier alpha value is -2.58. The van der Waals surface area contributed by atoms with Gasteiger partial charge in [0.05, 0.1) is 6.20 Å². The molecule has 0 fully saturated rings. The van der Waals surface area contributed by atoms with E-state index in [0.29, 0.717) is 12.1 Å². The normalized spacial score (nSPS) is 9.86. The summed E-state index contributed by atoms with van der Waals surface area (Å²) in [5.74, 6) is 5.24. The number of carbonyl (C=O) groups is 1. The molecule has 1 aromatic carbocycles. The molecule has 0 spiro atoms. The van der Waals surface area contributed by atoms with Crippen LogP contribution in [0.3, 0.4) is 0 Å². The van der Waals surface area contributed by atoms with Crippen LogP contribution < -0.4 is 5.32 Å². The molecule has 0 aliphatic rings. The highest BCUT2D eigenvalue weighted by Gasteiger charge is 2.07. The van der Waals surface area contributed by atoms with Crippen molar-refractivity contribution < 1.29 is 9.90 Å². The fraction of sp³-hybridized carbons (Fsp3) is 0.250. The van der Waals surface area contributed by atoms with Crippen molar-refractivity contribution in [3.05, 3.63) is 52.8 Å². The summed E-state index contributed by atoms with van der Waals surface area (Å²) in [5.41, 5.74) is 3.17. The van der Waals surface area contributed by atoms with E-state index in [2.05, 4.69) is 22.3 Å². The van der Waals surface area contributed by atoms with Crippen LogP contribution in [0, 0.1) is 18.8 Å². The monoisotopic (exact) mass is 283 g/mol. The number of amides is 1. The second kappa shape index (κ2) is 6.73. The van der Waals surface area contributed by atoms with E-state index in [1.54, 1.807) is 16.9 Å². The average molecular weight is 283 g/mol. The molecule has 108 valence electrons. The third-order valence-electron chi connectivity index (χ3n) is 2.86. The predicted octanol–water partition coefficient (Wildman–Crippen LogP) is 1.00. The lowest BCUT2D eigenvalue weighted by Crippen LogP contribution is -2.22. The molecule has 0 unspecified atom stereocenters. The molecule has 0 aliphatic carbocycles. The van der Waals surface area contributed by atoms with E-state index in [1.807, 2.05) is 32.3 Å². The van der Waals surface area contributed by atoms with Crippen molar-refractivity contribution in [2.24, 2.45) is 7.05 Å². The van der Waals surface area contributed by atoms with Gasteiger partial charge in [0.15, 0.2) is 0 Å². The summed E-state index contributed by atoms with van der Waals surface area (Å²) in [7, 11) is 1.83. The van der Waals surface area contributed by atoms with Crippen molar-refractivity contribution in [1.29, 1.82) is 0 Å². The van der Waals surface area contributed by atoms with Gasteiger partial charge in [0, 0.05) is 36.5 Å². The molecule has 0 saturated heterocycles. The maximum Gasteiger partial charge on any atom is 0.251 e. The van der Waals surface area contributed by atoms with Crippen LogP contribution >= 0.6 is 0 Å². The fourth-order valence-corrected chi connectivity index (χ4v) is 1.98. The minimum absolute atomic E-state index is 0.158. The second-order valence-electron chi connectivity index (χ2n) is 4.75. The highest BCUT2D eigenvalue weighted by Crippen LogP contribution is 2.09. The molecule has 21 heavy (non-hydrogen) atoms. The van der Waals surface area contributed by atoms with Gasteiger partial charge >= 0.3 is 0 Å². The van der Waals surface area contributed by atoms with Crippen LogP contribution in [0.1, 0.15) is 27.0 Å². The number of hydrogen-bond donors (Lipinski definition) is 2. The van der Waals surface area contributed by atoms with Crippen molar-refractivity contribution in [3.63, 3.8) is 0 Å². The number of nitrogens with one attached hydrogen (secondary N) is 1. The first kappa shape index (κ1) is 14.8. The first-order valence-electron chi connectivity index (χ1n) is 6.55. The first-order chi connectivity index (χ1) is 10.1. The van der Waals surface area contributed by atoms with Gasteiger partial charge in [-0.3, -0.25) is 9.48 Å².